The standard InChI is InChI=1S/C17H23NO3/c1-11-6-3-4-9-15(11)12(2)18-16(19)13-7-5-8-14(10-13)17(20)21/h3-4,6,9,12-14H,5,7-8,10H2,1-2H3,(H,18,19)(H,20,21)/t12-,13-,14+/m0/s1. The zero-order valence-electron chi connectivity index (χ0n) is 12.6. The second kappa shape index (κ2) is 6.74. The van der Waals surface area contributed by atoms with Crippen LogP contribution in [0.2, 0.25) is 0 Å². The fraction of sp³-hybridized carbons (Fsp3) is 0.529. The second-order valence-corrected chi connectivity index (χ2v) is 5.99. The van der Waals surface area contributed by atoms with Gasteiger partial charge in [-0.1, -0.05) is 30.7 Å². The molecule has 0 unspecified atom stereocenters. The average molecular weight is 289 g/mol. The van der Waals surface area contributed by atoms with Gasteiger partial charge in [0.15, 0.2) is 0 Å². The molecule has 0 bridgehead atoms. The maximum Gasteiger partial charge on any atom is 0.306 e. The zero-order chi connectivity index (χ0) is 15.4. The van der Waals surface area contributed by atoms with Crippen LogP contribution in [0, 0.1) is 18.8 Å². The summed E-state index contributed by atoms with van der Waals surface area (Å²) in [6.45, 7) is 4.00. The van der Waals surface area contributed by atoms with E-state index in [0.29, 0.717) is 12.8 Å². The summed E-state index contributed by atoms with van der Waals surface area (Å²) in [6, 6.07) is 7.93. The lowest BCUT2D eigenvalue weighted by Crippen LogP contribution is -2.36. The van der Waals surface area contributed by atoms with E-state index in [2.05, 4.69) is 5.32 Å². The number of carboxylic acid groups (broad SMARTS) is 1. The summed E-state index contributed by atoms with van der Waals surface area (Å²) in [7, 11) is 0. The first-order chi connectivity index (χ1) is 9.99. The minimum Gasteiger partial charge on any atom is -0.481 e. The van der Waals surface area contributed by atoms with Crippen LogP contribution in [0.4, 0.5) is 0 Å². The van der Waals surface area contributed by atoms with Gasteiger partial charge in [-0.2, -0.15) is 0 Å². The van der Waals surface area contributed by atoms with Crippen LogP contribution in [0.5, 0.6) is 0 Å². The van der Waals surface area contributed by atoms with Gasteiger partial charge < -0.3 is 10.4 Å². The van der Waals surface area contributed by atoms with Crippen molar-refractivity contribution >= 4 is 11.9 Å². The van der Waals surface area contributed by atoms with Crippen LogP contribution < -0.4 is 5.32 Å². The van der Waals surface area contributed by atoms with Crippen LogP contribution in [-0.2, 0) is 9.59 Å². The van der Waals surface area contributed by atoms with Gasteiger partial charge in [-0.3, -0.25) is 9.59 Å². The predicted molar refractivity (Wildman–Crippen MR) is 80.8 cm³/mol. The quantitative estimate of drug-likeness (QED) is 0.895. The first kappa shape index (κ1) is 15.5. The van der Waals surface area contributed by atoms with E-state index in [1.165, 1.54) is 0 Å². The smallest absolute Gasteiger partial charge is 0.306 e. The zero-order valence-corrected chi connectivity index (χ0v) is 12.6. The van der Waals surface area contributed by atoms with Crippen molar-refractivity contribution < 1.29 is 14.7 Å². The highest BCUT2D eigenvalue weighted by atomic mass is 16.4. The summed E-state index contributed by atoms with van der Waals surface area (Å²) in [5.41, 5.74) is 2.26. The van der Waals surface area contributed by atoms with Gasteiger partial charge in [-0.05, 0) is 44.2 Å². The van der Waals surface area contributed by atoms with Crippen LogP contribution in [-0.4, -0.2) is 17.0 Å². The second-order valence-electron chi connectivity index (χ2n) is 5.99. The van der Waals surface area contributed by atoms with Crippen molar-refractivity contribution in [3.8, 4) is 0 Å². The number of nitrogens with one attached hydrogen (secondary N) is 1. The lowest BCUT2D eigenvalue weighted by atomic mass is 9.81. The van der Waals surface area contributed by atoms with Crippen molar-refractivity contribution in [1.82, 2.24) is 5.32 Å². The summed E-state index contributed by atoms with van der Waals surface area (Å²) in [5.74, 6) is -1.34. The minimum absolute atomic E-state index is 0.0169. The van der Waals surface area contributed by atoms with Crippen LogP contribution in [0.1, 0.15) is 49.8 Å². The molecule has 0 saturated heterocycles. The highest BCUT2D eigenvalue weighted by molar-refractivity contribution is 5.80. The molecule has 21 heavy (non-hydrogen) atoms. The van der Waals surface area contributed by atoms with Crippen LogP contribution >= 0.6 is 0 Å². The molecular weight excluding hydrogens is 266 g/mol. The van der Waals surface area contributed by atoms with Crippen molar-refractivity contribution in [3.05, 3.63) is 35.4 Å². The highest BCUT2D eigenvalue weighted by Gasteiger charge is 2.31. The van der Waals surface area contributed by atoms with Crippen LogP contribution in [0.25, 0.3) is 0 Å². The topological polar surface area (TPSA) is 66.4 Å². The fourth-order valence-corrected chi connectivity index (χ4v) is 3.13. The Bertz CT molecular complexity index is 527. The SMILES string of the molecule is Cc1ccccc1[C@H](C)NC(=O)[C@H]1CCC[C@@H](C(=O)O)C1. The van der Waals surface area contributed by atoms with Gasteiger partial charge in [0, 0.05) is 5.92 Å². The number of carboxylic acids is 1. The van der Waals surface area contributed by atoms with Crippen molar-refractivity contribution in [1.29, 1.82) is 0 Å². The lowest BCUT2D eigenvalue weighted by molar-refractivity contribution is -0.144. The molecule has 2 N–H and O–H groups in total. The number of aliphatic carboxylic acids is 1. The molecular formula is C17H23NO3. The molecule has 4 heteroatoms. The molecule has 1 fully saturated rings. The van der Waals surface area contributed by atoms with E-state index in [9.17, 15) is 9.59 Å². The maximum absolute atomic E-state index is 12.4. The molecule has 1 aliphatic rings. The van der Waals surface area contributed by atoms with Gasteiger partial charge in [-0.25, -0.2) is 0 Å². The average Bonchev–Trinajstić information content (AvgIpc) is 2.47. The third kappa shape index (κ3) is 3.84. The van der Waals surface area contributed by atoms with E-state index < -0.39 is 5.97 Å². The summed E-state index contributed by atoms with van der Waals surface area (Å²) in [5, 5.41) is 12.1. The number of hydrogen-bond acceptors (Lipinski definition) is 2. The number of hydrogen-bond donors (Lipinski definition) is 2. The Labute approximate surface area is 125 Å². The number of carbonyl (C=O) groups excluding carboxylic acids is 1. The van der Waals surface area contributed by atoms with Gasteiger partial charge in [0.25, 0.3) is 0 Å². The maximum atomic E-state index is 12.4. The largest absolute Gasteiger partial charge is 0.481 e. The van der Waals surface area contributed by atoms with E-state index in [0.717, 1.165) is 24.0 Å². The molecule has 0 aromatic heterocycles. The number of carbonyl (C=O) groups is 2. The van der Waals surface area contributed by atoms with Crippen LogP contribution in [0.3, 0.4) is 0 Å². The first-order valence-electron chi connectivity index (χ1n) is 7.57. The Morgan fingerprint density at radius 2 is 1.90 bits per heavy atom. The van der Waals surface area contributed by atoms with E-state index in [4.69, 9.17) is 5.11 Å². The molecule has 1 aliphatic carbocycles. The Balaban J connectivity index is 1.98. The Kier molecular flexibility index (Phi) is 4.99. The summed E-state index contributed by atoms with van der Waals surface area (Å²) >= 11 is 0. The number of benzene rings is 1. The Morgan fingerprint density at radius 3 is 2.57 bits per heavy atom. The molecule has 114 valence electrons. The molecule has 1 aromatic rings. The van der Waals surface area contributed by atoms with E-state index in [1.54, 1.807) is 0 Å². The van der Waals surface area contributed by atoms with Crippen molar-refractivity contribution in [3.63, 3.8) is 0 Å². The van der Waals surface area contributed by atoms with Gasteiger partial charge in [0.05, 0.1) is 12.0 Å². The van der Waals surface area contributed by atoms with Gasteiger partial charge in [0.1, 0.15) is 0 Å². The lowest BCUT2D eigenvalue weighted by Gasteiger charge is -2.27. The summed E-state index contributed by atoms with van der Waals surface area (Å²) in [6.07, 6.45) is 2.75. The third-order valence-corrected chi connectivity index (χ3v) is 4.41. The third-order valence-electron chi connectivity index (χ3n) is 4.41. The number of aryl methyl sites for hydroxylation is 1. The van der Waals surface area contributed by atoms with Crippen molar-refractivity contribution in [2.75, 3.05) is 0 Å². The minimum atomic E-state index is -0.778. The summed E-state index contributed by atoms with van der Waals surface area (Å²) < 4.78 is 0. The molecule has 1 amide bonds. The highest BCUT2D eigenvalue weighted by Crippen LogP contribution is 2.30. The van der Waals surface area contributed by atoms with E-state index >= 15 is 0 Å². The van der Waals surface area contributed by atoms with Crippen LogP contribution in [0.15, 0.2) is 24.3 Å². The van der Waals surface area contributed by atoms with Crippen molar-refractivity contribution in [2.24, 2.45) is 11.8 Å². The van der Waals surface area contributed by atoms with Gasteiger partial charge >= 0.3 is 5.97 Å². The number of rotatable bonds is 4. The molecule has 1 saturated carbocycles. The molecule has 2 rings (SSSR count). The van der Waals surface area contributed by atoms with Crippen molar-refractivity contribution in [2.45, 2.75) is 45.6 Å². The molecule has 3 atom stereocenters. The summed E-state index contributed by atoms with van der Waals surface area (Å²) in [4.78, 5) is 23.4. The molecule has 4 nitrogen and oxygen atoms in total. The number of amides is 1. The monoisotopic (exact) mass is 289 g/mol. The predicted octanol–water partition coefficient (Wildman–Crippen LogP) is 3.06. The van der Waals surface area contributed by atoms with E-state index in [1.807, 2.05) is 38.1 Å². The fourth-order valence-electron chi connectivity index (χ4n) is 3.13. The molecule has 0 radical (unpaired) electrons. The molecule has 1 aromatic carbocycles. The molecule has 0 spiro atoms. The normalized spacial score (nSPS) is 23.3. The molecule has 0 aliphatic heterocycles. The Hall–Kier alpha value is -1.84. The Morgan fingerprint density at radius 1 is 1.24 bits per heavy atom. The van der Waals surface area contributed by atoms with Gasteiger partial charge in [-0.15, -0.1) is 0 Å². The molecule has 0 heterocycles. The van der Waals surface area contributed by atoms with Gasteiger partial charge in [0.2, 0.25) is 5.91 Å². The van der Waals surface area contributed by atoms with E-state index in [-0.39, 0.29) is 23.8 Å². The first-order valence-corrected chi connectivity index (χ1v) is 7.57.